The first-order valence-electron chi connectivity index (χ1n) is 9.86. The lowest BCUT2D eigenvalue weighted by molar-refractivity contribution is -0.110. The Balaban J connectivity index is 1.79. The molecule has 1 aliphatic carbocycles. The molecular formula is C25H21N3O4. The number of hydrogen-bond acceptors (Lipinski definition) is 7. The van der Waals surface area contributed by atoms with Crippen molar-refractivity contribution in [3.8, 4) is 17.2 Å². The molecule has 160 valence electrons. The van der Waals surface area contributed by atoms with Crippen LogP contribution in [0.2, 0.25) is 0 Å². The normalized spacial score (nSPS) is 12.7. The van der Waals surface area contributed by atoms with E-state index in [4.69, 9.17) is 4.99 Å². The highest BCUT2D eigenvalue weighted by Gasteiger charge is 2.16. The van der Waals surface area contributed by atoms with Gasteiger partial charge in [0.2, 0.25) is 0 Å². The van der Waals surface area contributed by atoms with E-state index in [0.717, 1.165) is 0 Å². The van der Waals surface area contributed by atoms with E-state index in [1.54, 1.807) is 66.7 Å². The van der Waals surface area contributed by atoms with Crippen molar-refractivity contribution in [2.24, 2.45) is 4.99 Å². The van der Waals surface area contributed by atoms with E-state index < -0.39 is 0 Å². The van der Waals surface area contributed by atoms with Gasteiger partial charge in [-0.05, 0) is 79.8 Å². The fraction of sp³-hybridized carbons (Fsp3) is 0.0400. The third-order valence-electron chi connectivity index (χ3n) is 4.88. The minimum atomic E-state index is -0.108. The van der Waals surface area contributed by atoms with E-state index in [0.29, 0.717) is 39.7 Å². The zero-order valence-electron chi connectivity index (χ0n) is 17.2. The number of phenolic OH excluding ortho intramolecular Hbond substituents is 3. The molecule has 3 aromatic rings. The van der Waals surface area contributed by atoms with Crippen LogP contribution >= 0.6 is 0 Å². The van der Waals surface area contributed by atoms with Gasteiger partial charge >= 0.3 is 0 Å². The summed E-state index contributed by atoms with van der Waals surface area (Å²) in [7, 11) is 0. The van der Waals surface area contributed by atoms with Gasteiger partial charge in [0.15, 0.2) is 5.78 Å². The van der Waals surface area contributed by atoms with Crippen molar-refractivity contribution in [3.63, 3.8) is 0 Å². The van der Waals surface area contributed by atoms with Gasteiger partial charge in [-0.1, -0.05) is 0 Å². The number of phenols is 3. The van der Waals surface area contributed by atoms with Crippen LogP contribution in [-0.2, 0) is 4.79 Å². The highest BCUT2D eigenvalue weighted by molar-refractivity contribution is 6.17. The molecule has 3 aromatic carbocycles. The molecular weight excluding hydrogens is 406 g/mol. The minimum absolute atomic E-state index is 0.00529. The summed E-state index contributed by atoms with van der Waals surface area (Å²) in [6.45, 7) is 1.82. The molecule has 5 N–H and O–H groups in total. The van der Waals surface area contributed by atoms with Gasteiger partial charge in [0.1, 0.15) is 17.2 Å². The van der Waals surface area contributed by atoms with Gasteiger partial charge in [-0.2, -0.15) is 0 Å². The molecule has 0 bridgehead atoms. The lowest BCUT2D eigenvalue weighted by Gasteiger charge is -2.18. The van der Waals surface area contributed by atoms with Gasteiger partial charge in [0.25, 0.3) is 0 Å². The van der Waals surface area contributed by atoms with Crippen molar-refractivity contribution in [1.82, 2.24) is 0 Å². The SMILES string of the molecule is Cc1c(N=C2C=CC(=O)C=C2)c(Nc2ccc(O)cc2)cc(O)c1Nc1ccc(O)cc1. The summed E-state index contributed by atoms with van der Waals surface area (Å²) in [6.07, 6.45) is 6.15. The van der Waals surface area contributed by atoms with E-state index in [1.807, 2.05) is 6.92 Å². The zero-order chi connectivity index (χ0) is 22.7. The standard InChI is InChI=1S/C25H21N3O4/c1-15-24(27-17-4-10-20(30)11-5-17)22(26-16-2-8-19(29)9-3-16)14-23(32)25(15)28-18-6-12-21(31)13-7-18/h2-14,26,28-29,31-32H,1H3. The number of rotatable bonds is 5. The third-order valence-corrected chi connectivity index (χ3v) is 4.88. The first kappa shape index (κ1) is 20.7. The van der Waals surface area contributed by atoms with Gasteiger partial charge in [0, 0.05) is 23.0 Å². The number of aromatic hydroxyl groups is 3. The highest BCUT2D eigenvalue weighted by Crippen LogP contribution is 2.43. The Morgan fingerprint density at radius 1 is 0.750 bits per heavy atom. The average Bonchev–Trinajstić information content (AvgIpc) is 2.78. The Kier molecular flexibility index (Phi) is 5.63. The number of carbonyl (C=O) groups is 1. The van der Waals surface area contributed by atoms with E-state index in [2.05, 4.69) is 10.6 Å². The Labute approximate surface area is 184 Å². The molecule has 1 aliphatic rings. The van der Waals surface area contributed by atoms with Gasteiger partial charge in [-0.25, -0.2) is 4.99 Å². The molecule has 0 spiro atoms. The predicted molar refractivity (Wildman–Crippen MR) is 126 cm³/mol. The van der Waals surface area contributed by atoms with Crippen molar-refractivity contribution < 1.29 is 20.1 Å². The molecule has 0 heterocycles. The molecule has 7 nitrogen and oxygen atoms in total. The maximum atomic E-state index is 11.5. The van der Waals surface area contributed by atoms with Crippen molar-refractivity contribution in [2.75, 3.05) is 10.6 Å². The smallest absolute Gasteiger partial charge is 0.178 e. The molecule has 7 heteroatoms. The van der Waals surface area contributed by atoms with Crippen molar-refractivity contribution in [1.29, 1.82) is 0 Å². The van der Waals surface area contributed by atoms with Gasteiger partial charge in [0.05, 0.1) is 22.8 Å². The summed E-state index contributed by atoms with van der Waals surface area (Å²) in [5, 5.41) is 36.2. The summed E-state index contributed by atoms with van der Waals surface area (Å²) < 4.78 is 0. The average molecular weight is 427 g/mol. The molecule has 0 atom stereocenters. The number of nitrogens with one attached hydrogen (secondary N) is 2. The number of hydrogen-bond donors (Lipinski definition) is 5. The molecule has 0 fully saturated rings. The lowest BCUT2D eigenvalue weighted by Crippen LogP contribution is -2.01. The van der Waals surface area contributed by atoms with Crippen LogP contribution in [0.5, 0.6) is 17.2 Å². The maximum absolute atomic E-state index is 11.5. The van der Waals surface area contributed by atoms with Crippen LogP contribution in [0, 0.1) is 6.92 Å². The summed E-state index contributed by atoms with van der Waals surface area (Å²) >= 11 is 0. The number of benzene rings is 3. The molecule has 0 amide bonds. The van der Waals surface area contributed by atoms with E-state index in [-0.39, 0.29) is 23.0 Å². The van der Waals surface area contributed by atoms with E-state index in [9.17, 15) is 20.1 Å². The summed E-state index contributed by atoms with van der Waals surface area (Å²) in [5.41, 5.74) is 4.22. The number of allylic oxidation sites excluding steroid dienone is 4. The first-order chi connectivity index (χ1) is 15.4. The number of nitrogens with zero attached hydrogens (tertiary/aromatic N) is 1. The predicted octanol–water partition coefficient (Wildman–Crippen LogP) is 5.37. The van der Waals surface area contributed by atoms with Crippen molar-refractivity contribution in [3.05, 3.63) is 84.5 Å². The summed E-state index contributed by atoms with van der Waals surface area (Å²) in [5.74, 6) is 0.183. The van der Waals surface area contributed by atoms with Crippen LogP contribution in [0.3, 0.4) is 0 Å². The summed E-state index contributed by atoms with van der Waals surface area (Å²) in [4.78, 5) is 16.2. The Hall–Kier alpha value is -4.52. The van der Waals surface area contributed by atoms with E-state index >= 15 is 0 Å². The number of aliphatic imine (C=N–C) groups is 1. The third kappa shape index (κ3) is 4.62. The second-order valence-electron chi connectivity index (χ2n) is 7.24. The second-order valence-corrected chi connectivity index (χ2v) is 7.24. The Morgan fingerprint density at radius 2 is 1.28 bits per heavy atom. The fourth-order valence-electron chi connectivity index (χ4n) is 3.23. The molecule has 0 aromatic heterocycles. The van der Waals surface area contributed by atoms with Crippen LogP contribution in [-0.4, -0.2) is 26.8 Å². The van der Waals surface area contributed by atoms with Crippen LogP contribution in [0.25, 0.3) is 0 Å². The van der Waals surface area contributed by atoms with Crippen LogP contribution in [0.4, 0.5) is 28.4 Å². The zero-order valence-corrected chi connectivity index (χ0v) is 17.2. The fourth-order valence-corrected chi connectivity index (χ4v) is 3.23. The largest absolute Gasteiger partial charge is 0.508 e. The van der Waals surface area contributed by atoms with Crippen molar-refractivity contribution in [2.45, 2.75) is 6.92 Å². The summed E-state index contributed by atoms with van der Waals surface area (Å²) in [6, 6.07) is 14.6. The minimum Gasteiger partial charge on any atom is -0.508 e. The molecule has 0 unspecified atom stereocenters. The molecule has 0 radical (unpaired) electrons. The lowest BCUT2D eigenvalue weighted by atomic mass is 10.1. The van der Waals surface area contributed by atoms with Gasteiger partial charge in [-0.3, -0.25) is 4.79 Å². The molecule has 4 rings (SSSR count). The van der Waals surface area contributed by atoms with E-state index in [1.165, 1.54) is 12.2 Å². The number of anilines is 4. The Morgan fingerprint density at radius 3 is 1.84 bits per heavy atom. The Bertz CT molecular complexity index is 1240. The topological polar surface area (TPSA) is 114 Å². The first-order valence-corrected chi connectivity index (χ1v) is 9.86. The van der Waals surface area contributed by atoms with Gasteiger partial charge < -0.3 is 26.0 Å². The number of carbonyl (C=O) groups excluding carboxylic acids is 1. The quantitative estimate of drug-likeness (QED) is 0.213. The molecule has 0 saturated carbocycles. The molecule has 0 saturated heterocycles. The van der Waals surface area contributed by atoms with Crippen LogP contribution < -0.4 is 10.6 Å². The highest BCUT2D eigenvalue weighted by atomic mass is 16.3. The monoisotopic (exact) mass is 427 g/mol. The number of ketones is 1. The molecule has 32 heavy (non-hydrogen) atoms. The second kappa shape index (κ2) is 8.69. The molecule has 0 aliphatic heterocycles. The van der Waals surface area contributed by atoms with Crippen LogP contribution in [0.1, 0.15) is 5.56 Å². The van der Waals surface area contributed by atoms with Gasteiger partial charge in [-0.15, -0.1) is 0 Å². The van der Waals surface area contributed by atoms with Crippen molar-refractivity contribution >= 4 is 39.9 Å². The van der Waals surface area contributed by atoms with Crippen LogP contribution in [0.15, 0.2) is 83.9 Å². The maximum Gasteiger partial charge on any atom is 0.178 e.